The third kappa shape index (κ3) is 5.89. The molecule has 3 N–H and O–H groups in total. The van der Waals surface area contributed by atoms with Crippen LogP contribution in [0.1, 0.15) is 49.6 Å². The highest BCUT2D eigenvalue weighted by Crippen LogP contribution is 2.20. The molecule has 2 aromatic heterocycles. The molecule has 0 saturated heterocycles. The van der Waals surface area contributed by atoms with Crippen molar-refractivity contribution in [2.75, 3.05) is 7.11 Å². The molecular formula is C27H24ClN5O3. The summed E-state index contributed by atoms with van der Waals surface area (Å²) in [7, 11) is 1.58. The number of aromatic nitrogens is 3. The Morgan fingerprint density at radius 2 is 1.86 bits per heavy atom. The summed E-state index contributed by atoms with van der Waals surface area (Å²) in [6, 6.07) is 18.5. The SMILES string of the molecule is COCc1[nH]nc(C(=O)NCc2cc(Cl)ccc2C#N)c1Cc1ccc(Cc2ccc[nH]c2=O)cc1. The van der Waals surface area contributed by atoms with Crippen LogP contribution < -0.4 is 10.9 Å². The minimum atomic E-state index is -0.368. The molecule has 8 nitrogen and oxygen atoms in total. The molecule has 0 unspecified atom stereocenters. The standard InChI is InChI=1S/C27H24ClN5O3/c1-36-16-24-23(12-18-6-4-17(5-7-18)11-19-3-2-10-30-26(19)34)25(33-32-24)27(35)31-15-21-13-22(28)9-8-20(21)14-29/h2-10,13H,11-12,15-16H2,1H3,(H,30,34)(H,31,35)(H,32,33). The highest BCUT2D eigenvalue weighted by Gasteiger charge is 2.20. The zero-order chi connectivity index (χ0) is 25.5. The first-order valence-corrected chi connectivity index (χ1v) is 11.6. The summed E-state index contributed by atoms with van der Waals surface area (Å²) in [6.45, 7) is 0.416. The van der Waals surface area contributed by atoms with Crippen LogP contribution in [0, 0.1) is 11.3 Å². The van der Waals surface area contributed by atoms with Gasteiger partial charge in [0.05, 0.1) is 23.9 Å². The molecule has 4 aromatic rings. The molecule has 0 bridgehead atoms. The monoisotopic (exact) mass is 501 g/mol. The van der Waals surface area contributed by atoms with E-state index in [2.05, 4.69) is 26.6 Å². The summed E-state index contributed by atoms with van der Waals surface area (Å²) in [5.74, 6) is -0.368. The van der Waals surface area contributed by atoms with Crippen molar-refractivity contribution in [2.24, 2.45) is 0 Å². The fourth-order valence-corrected chi connectivity index (χ4v) is 4.11. The number of nitrogens with one attached hydrogen (secondary N) is 3. The van der Waals surface area contributed by atoms with Crippen LogP contribution >= 0.6 is 11.6 Å². The number of benzene rings is 2. The number of ether oxygens (including phenoxy) is 1. The van der Waals surface area contributed by atoms with E-state index < -0.39 is 0 Å². The van der Waals surface area contributed by atoms with Crippen molar-refractivity contribution < 1.29 is 9.53 Å². The molecule has 36 heavy (non-hydrogen) atoms. The Balaban J connectivity index is 1.51. The largest absolute Gasteiger partial charge is 0.378 e. The number of pyridine rings is 1. The van der Waals surface area contributed by atoms with Gasteiger partial charge in [-0.3, -0.25) is 14.7 Å². The Morgan fingerprint density at radius 3 is 2.56 bits per heavy atom. The number of hydrogen-bond acceptors (Lipinski definition) is 5. The van der Waals surface area contributed by atoms with Gasteiger partial charge in [0, 0.05) is 48.8 Å². The van der Waals surface area contributed by atoms with E-state index in [1.54, 1.807) is 37.6 Å². The third-order valence-electron chi connectivity index (χ3n) is 5.78. The molecule has 0 saturated carbocycles. The Labute approximate surface area is 212 Å². The third-order valence-corrected chi connectivity index (χ3v) is 6.02. The summed E-state index contributed by atoms with van der Waals surface area (Å²) in [4.78, 5) is 27.7. The van der Waals surface area contributed by atoms with Gasteiger partial charge in [0.1, 0.15) is 0 Å². The summed E-state index contributed by atoms with van der Waals surface area (Å²) in [6.07, 6.45) is 2.60. The van der Waals surface area contributed by atoms with Gasteiger partial charge in [0.2, 0.25) is 0 Å². The number of H-pyrrole nitrogens is 2. The maximum atomic E-state index is 13.0. The fourth-order valence-electron chi connectivity index (χ4n) is 3.91. The van der Waals surface area contributed by atoms with Crippen molar-refractivity contribution in [1.82, 2.24) is 20.5 Å². The van der Waals surface area contributed by atoms with Crippen molar-refractivity contribution in [3.8, 4) is 6.07 Å². The molecule has 0 atom stereocenters. The van der Waals surface area contributed by atoms with Crippen LogP contribution in [0.3, 0.4) is 0 Å². The van der Waals surface area contributed by atoms with Crippen LogP contribution in [0.25, 0.3) is 0 Å². The van der Waals surface area contributed by atoms with Gasteiger partial charge < -0.3 is 15.0 Å². The number of methoxy groups -OCH3 is 1. The Hall–Kier alpha value is -4.19. The molecule has 0 spiro atoms. The Bertz CT molecular complexity index is 1470. The second-order valence-electron chi connectivity index (χ2n) is 8.25. The average Bonchev–Trinajstić information content (AvgIpc) is 3.27. The molecule has 1 amide bonds. The number of hydrogen-bond donors (Lipinski definition) is 3. The van der Waals surface area contributed by atoms with Crippen LogP contribution in [0.4, 0.5) is 0 Å². The van der Waals surface area contributed by atoms with Crippen molar-refractivity contribution in [3.05, 3.63) is 121 Å². The van der Waals surface area contributed by atoms with E-state index >= 15 is 0 Å². The molecule has 0 fully saturated rings. The van der Waals surface area contributed by atoms with Gasteiger partial charge in [-0.05, 0) is 41.0 Å². The molecule has 4 rings (SSSR count). The van der Waals surface area contributed by atoms with Crippen LogP contribution in [0.2, 0.25) is 5.02 Å². The maximum Gasteiger partial charge on any atom is 0.272 e. The second-order valence-corrected chi connectivity index (χ2v) is 8.69. The number of amides is 1. The molecule has 9 heteroatoms. The number of aromatic amines is 2. The van der Waals surface area contributed by atoms with Gasteiger partial charge in [-0.1, -0.05) is 41.9 Å². The topological polar surface area (TPSA) is 124 Å². The van der Waals surface area contributed by atoms with Gasteiger partial charge in [-0.25, -0.2) is 0 Å². The number of nitriles is 1. The lowest BCUT2D eigenvalue weighted by Crippen LogP contribution is -2.25. The quantitative estimate of drug-likeness (QED) is 0.321. The normalized spacial score (nSPS) is 10.7. The van der Waals surface area contributed by atoms with Gasteiger partial charge in [0.15, 0.2) is 5.69 Å². The summed E-state index contributed by atoms with van der Waals surface area (Å²) >= 11 is 6.05. The smallest absolute Gasteiger partial charge is 0.272 e. The molecular weight excluding hydrogens is 478 g/mol. The van der Waals surface area contributed by atoms with Crippen LogP contribution in [-0.4, -0.2) is 28.2 Å². The van der Waals surface area contributed by atoms with E-state index in [-0.39, 0.29) is 30.3 Å². The molecule has 182 valence electrons. The molecule has 0 aliphatic heterocycles. The van der Waals surface area contributed by atoms with Gasteiger partial charge in [-0.15, -0.1) is 0 Å². The van der Waals surface area contributed by atoms with E-state index in [1.807, 2.05) is 30.3 Å². The minimum absolute atomic E-state index is 0.0977. The van der Waals surface area contributed by atoms with Crippen LogP contribution in [0.5, 0.6) is 0 Å². The van der Waals surface area contributed by atoms with Crippen molar-refractivity contribution in [2.45, 2.75) is 26.0 Å². The number of carbonyl (C=O) groups excluding carboxylic acids is 1. The van der Waals surface area contributed by atoms with Crippen molar-refractivity contribution in [3.63, 3.8) is 0 Å². The number of carbonyl (C=O) groups is 1. The molecule has 0 aliphatic carbocycles. The summed E-state index contributed by atoms with van der Waals surface area (Å²) < 4.78 is 5.28. The molecule has 2 aromatic carbocycles. The average molecular weight is 502 g/mol. The number of nitrogens with zero attached hydrogens (tertiary/aromatic N) is 2. The zero-order valence-corrected chi connectivity index (χ0v) is 20.4. The first-order valence-electron chi connectivity index (χ1n) is 11.2. The lowest BCUT2D eigenvalue weighted by Gasteiger charge is -2.09. The van der Waals surface area contributed by atoms with Crippen molar-refractivity contribution >= 4 is 17.5 Å². The summed E-state index contributed by atoms with van der Waals surface area (Å²) in [5, 5.41) is 19.8. The highest BCUT2D eigenvalue weighted by molar-refractivity contribution is 6.30. The lowest BCUT2D eigenvalue weighted by atomic mass is 9.99. The van der Waals surface area contributed by atoms with E-state index in [9.17, 15) is 14.9 Å². The minimum Gasteiger partial charge on any atom is -0.378 e. The van der Waals surface area contributed by atoms with Crippen molar-refractivity contribution in [1.29, 1.82) is 5.26 Å². The van der Waals surface area contributed by atoms with E-state index in [0.29, 0.717) is 40.2 Å². The van der Waals surface area contributed by atoms with Gasteiger partial charge in [0.25, 0.3) is 11.5 Å². The lowest BCUT2D eigenvalue weighted by molar-refractivity contribution is 0.0945. The number of halogens is 1. The predicted molar refractivity (Wildman–Crippen MR) is 136 cm³/mol. The summed E-state index contributed by atoms with van der Waals surface area (Å²) in [5.41, 5.74) is 5.36. The molecule has 2 heterocycles. The van der Waals surface area contributed by atoms with Crippen LogP contribution in [-0.2, 0) is 30.7 Å². The first-order chi connectivity index (χ1) is 17.5. The molecule has 0 radical (unpaired) electrons. The Kier molecular flexibility index (Phi) is 7.95. The van der Waals surface area contributed by atoms with E-state index in [4.69, 9.17) is 16.3 Å². The van der Waals surface area contributed by atoms with E-state index in [0.717, 1.165) is 16.7 Å². The van der Waals surface area contributed by atoms with Crippen LogP contribution in [0.15, 0.2) is 65.6 Å². The maximum absolute atomic E-state index is 13.0. The Morgan fingerprint density at radius 1 is 1.11 bits per heavy atom. The van der Waals surface area contributed by atoms with Gasteiger partial charge >= 0.3 is 0 Å². The zero-order valence-electron chi connectivity index (χ0n) is 19.6. The fraction of sp³-hybridized carbons (Fsp3) is 0.185. The second kappa shape index (κ2) is 11.5. The van der Waals surface area contributed by atoms with Gasteiger partial charge in [-0.2, -0.15) is 10.4 Å². The molecule has 0 aliphatic rings. The predicted octanol–water partition coefficient (Wildman–Crippen LogP) is 3.88. The highest BCUT2D eigenvalue weighted by atomic mass is 35.5. The first kappa shape index (κ1) is 24.9. The number of rotatable bonds is 9. The van der Waals surface area contributed by atoms with E-state index in [1.165, 1.54) is 0 Å².